The van der Waals surface area contributed by atoms with Crippen molar-refractivity contribution in [3.8, 4) is 0 Å². The van der Waals surface area contributed by atoms with Gasteiger partial charge < -0.3 is 21.5 Å². The van der Waals surface area contributed by atoms with E-state index in [2.05, 4.69) is 10.6 Å². The highest BCUT2D eigenvalue weighted by Crippen LogP contribution is 2.39. The second-order valence-corrected chi connectivity index (χ2v) is 7.28. The van der Waals surface area contributed by atoms with Gasteiger partial charge >= 0.3 is 5.97 Å². The Morgan fingerprint density at radius 2 is 1.93 bits per heavy atom. The number of hydrogen-bond acceptors (Lipinski definition) is 4. The average Bonchev–Trinajstić information content (AvgIpc) is 2.60. The Bertz CT molecular complexity index is 892. The molecule has 0 radical (unpaired) electrons. The first-order chi connectivity index (χ1) is 12.9. The fourth-order valence-electron chi connectivity index (χ4n) is 3.25. The van der Waals surface area contributed by atoms with Gasteiger partial charge in [0, 0.05) is 34.3 Å². The van der Waals surface area contributed by atoms with Crippen LogP contribution < -0.4 is 16.4 Å². The van der Waals surface area contributed by atoms with Crippen LogP contribution in [-0.2, 0) is 22.6 Å². The van der Waals surface area contributed by atoms with E-state index in [0.29, 0.717) is 27.8 Å². The predicted molar refractivity (Wildman–Crippen MR) is 112 cm³/mol. The summed E-state index contributed by atoms with van der Waals surface area (Å²) in [4.78, 5) is 24.0. The number of carboxylic acids is 1. The van der Waals surface area contributed by atoms with Crippen LogP contribution in [0.25, 0.3) is 0 Å². The molecule has 0 saturated carbocycles. The van der Waals surface area contributed by atoms with E-state index in [9.17, 15) is 14.7 Å². The summed E-state index contributed by atoms with van der Waals surface area (Å²) >= 11 is 12.3. The molecule has 5 N–H and O–H groups in total. The minimum atomic E-state index is -1.01. The number of halogens is 3. The van der Waals surface area contributed by atoms with Crippen LogP contribution >= 0.6 is 35.6 Å². The lowest BCUT2D eigenvalue weighted by atomic mass is 9.92. The van der Waals surface area contributed by atoms with Crippen LogP contribution in [-0.4, -0.2) is 23.0 Å². The second kappa shape index (κ2) is 9.47. The van der Waals surface area contributed by atoms with E-state index >= 15 is 0 Å². The Hall–Kier alpha value is -1.99. The van der Waals surface area contributed by atoms with Crippen LogP contribution in [0, 0.1) is 0 Å². The molecule has 0 aromatic heterocycles. The average molecular weight is 445 g/mol. The van der Waals surface area contributed by atoms with Crippen molar-refractivity contribution in [1.82, 2.24) is 5.32 Å². The number of rotatable bonds is 5. The van der Waals surface area contributed by atoms with Crippen LogP contribution in [0.15, 0.2) is 36.4 Å². The first-order valence-electron chi connectivity index (χ1n) is 8.43. The number of hydrogen-bond donors (Lipinski definition) is 4. The van der Waals surface area contributed by atoms with E-state index in [1.807, 2.05) is 24.3 Å². The molecule has 28 heavy (non-hydrogen) atoms. The van der Waals surface area contributed by atoms with E-state index < -0.39 is 18.1 Å². The minimum Gasteiger partial charge on any atom is -0.480 e. The van der Waals surface area contributed by atoms with Crippen molar-refractivity contribution in [2.24, 2.45) is 5.73 Å². The highest BCUT2D eigenvalue weighted by atomic mass is 35.5. The summed E-state index contributed by atoms with van der Waals surface area (Å²) in [6.07, 6.45) is 0.342. The lowest BCUT2D eigenvalue weighted by Crippen LogP contribution is -2.41. The third-order valence-electron chi connectivity index (χ3n) is 4.47. The number of nitrogens with two attached hydrogens (primary N) is 1. The summed E-state index contributed by atoms with van der Waals surface area (Å²) in [5.41, 5.74) is 8.57. The van der Waals surface area contributed by atoms with Crippen LogP contribution in [0.3, 0.4) is 0 Å². The molecule has 0 aliphatic carbocycles. The number of carbonyl (C=O) groups is 2. The summed E-state index contributed by atoms with van der Waals surface area (Å²) in [6.45, 7) is 0.397. The Balaban J connectivity index is 0.00000280. The Morgan fingerprint density at radius 3 is 2.61 bits per heavy atom. The maximum atomic E-state index is 12.6. The minimum absolute atomic E-state index is 0. The normalized spacial score (nSPS) is 17.7. The van der Waals surface area contributed by atoms with Crippen molar-refractivity contribution in [3.63, 3.8) is 0 Å². The van der Waals surface area contributed by atoms with Crippen LogP contribution in [0.5, 0.6) is 0 Å². The quantitative estimate of drug-likeness (QED) is 0.564. The Morgan fingerprint density at radius 1 is 1.21 bits per heavy atom. The van der Waals surface area contributed by atoms with Gasteiger partial charge in [-0.25, -0.2) is 4.79 Å². The Labute approximate surface area is 178 Å². The van der Waals surface area contributed by atoms with Gasteiger partial charge in [-0.15, -0.1) is 12.4 Å². The molecule has 2 aromatic carbocycles. The van der Waals surface area contributed by atoms with Gasteiger partial charge in [0.25, 0.3) is 0 Å². The first-order valence-corrected chi connectivity index (χ1v) is 9.18. The van der Waals surface area contributed by atoms with E-state index in [4.69, 9.17) is 28.9 Å². The zero-order valence-corrected chi connectivity index (χ0v) is 17.1. The van der Waals surface area contributed by atoms with E-state index in [1.54, 1.807) is 12.1 Å². The molecule has 0 saturated heterocycles. The SMILES string of the molecule is Cl.NCc1cccc(CC(=O)NC2CC(C(=O)O)Nc3cc(Cl)cc(Cl)c32)c1. The third kappa shape index (κ3) is 5.08. The zero-order chi connectivity index (χ0) is 19.6. The highest BCUT2D eigenvalue weighted by molar-refractivity contribution is 6.35. The number of aliphatic carboxylic acids is 1. The van der Waals surface area contributed by atoms with Gasteiger partial charge in [-0.05, 0) is 23.3 Å². The maximum Gasteiger partial charge on any atom is 0.326 e. The van der Waals surface area contributed by atoms with Crippen molar-refractivity contribution in [3.05, 3.63) is 63.1 Å². The number of carbonyl (C=O) groups excluding carboxylic acids is 1. The van der Waals surface area contributed by atoms with Gasteiger partial charge in [-0.3, -0.25) is 4.79 Å². The molecule has 0 spiro atoms. The second-order valence-electron chi connectivity index (χ2n) is 6.44. The topological polar surface area (TPSA) is 104 Å². The van der Waals surface area contributed by atoms with Crippen molar-refractivity contribution in [2.75, 3.05) is 5.32 Å². The van der Waals surface area contributed by atoms with E-state index in [-0.39, 0.29) is 31.2 Å². The van der Waals surface area contributed by atoms with Crippen molar-refractivity contribution in [1.29, 1.82) is 0 Å². The summed E-state index contributed by atoms with van der Waals surface area (Å²) in [5, 5.41) is 16.0. The van der Waals surface area contributed by atoms with Crippen LogP contribution in [0.4, 0.5) is 5.69 Å². The molecule has 9 heteroatoms. The molecular weight excluding hydrogens is 425 g/mol. The fourth-order valence-corrected chi connectivity index (χ4v) is 3.87. The molecule has 1 aliphatic heterocycles. The van der Waals surface area contributed by atoms with Gasteiger partial charge in [0.2, 0.25) is 5.91 Å². The molecule has 0 bridgehead atoms. The van der Waals surface area contributed by atoms with Gasteiger partial charge in [0.05, 0.1) is 12.5 Å². The van der Waals surface area contributed by atoms with Crippen molar-refractivity contribution in [2.45, 2.75) is 31.5 Å². The Kier molecular flexibility index (Phi) is 7.55. The molecule has 2 unspecified atom stereocenters. The molecule has 1 amide bonds. The number of nitrogens with one attached hydrogen (secondary N) is 2. The summed E-state index contributed by atoms with van der Waals surface area (Å²) in [6, 6.07) is 9.28. The van der Waals surface area contributed by atoms with Crippen LogP contribution in [0.2, 0.25) is 10.0 Å². The number of carboxylic acid groups (broad SMARTS) is 1. The summed E-state index contributed by atoms with van der Waals surface area (Å²) < 4.78 is 0. The standard InChI is InChI=1S/C19H19Cl2N3O3.ClH/c20-12-6-13(21)18-14(7-12)23-16(19(26)27)8-15(18)24-17(25)5-10-2-1-3-11(4-10)9-22;/h1-4,6-7,15-16,23H,5,8-9,22H2,(H,24,25)(H,26,27);1H. The molecule has 1 aliphatic rings. The molecule has 1 heterocycles. The lowest BCUT2D eigenvalue weighted by molar-refractivity contribution is -0.138. The molecule has 0 fully saturated rings. The van der Waals surface area contributed by atoms with Gasteiger partial charge in [0.1, 0.15) is 6.04 Å². The van der Waals surface area contributed by atoms with E-state index in [0.717, 1.165) is 11.1 Å². The predicted octanol–water partition coefficient (Wildman–Crippen LogP) is 3.54. The number of amides is 1. The number of anilines is 1. The zero-order valence-electron chi connectivity index (χ0n) is 14.7. The van der Waals surface area contributed by atoms with Crippen molar-refractivity contribution < 1.29 is 14.7 Å². The largest absolute Gasteiger partial charge is 0.480 e. The third-order valence-corrected chi connectivity index (χ3v) is 5.00. The molecule has 3 rings (SSSR count). The molecular formula is C19H20Cl3N3O3. The van der Waals surface area contributed by atoms with Crippen molar-refractivity contribution >= 4 is 53.2 Å². The summed E-state index contributed by atoms with van der Waals surface area (Å²) in [5.74, 6) is -1.23. The van der Waals surface area contributed by atoms with E-state index in [1.165, 1.54) is 0 Å². The highest BCUT2D eigenvalue weighted by Gasteiger charge is 2.33. The monoisotopic (exact) mass is 443 g/mol. The van der Waals surface area contributed by atoms with Gasteiger partial charge in [-0.1, -0.05) is 47.5 Å². The first kappa shape index (κ1) is 22.3. The van der Waals surface area contributed by atoms with Gasteiger partial charge in [-0.2, -0.15) is 0 Å². The van der Waals surface area contributed by atoms with Gasteiger partial charge in [0.15, 0.2) is 0 Å². The maximum absolute atomic E-state index is 12.6. The smallest absolute Gasteiger partial charge is 0.326 e. The lowest BCUT2D eigenvalue weighted by Gasteiger charge is -2.32. The molecule has 2 atom stereocenters. The molecule has 2 aromatic rings. The molecule has 6 nitrogen and oxygen atoms in total. The fraction of sp³-hybridized carbons (Fsp3) is 0.263. The number of benzene rings is 2. The molecule has 150 valence electrons. The van der Waals surface area contributed by atoms with Crippen LogP contribution in [0.1, 0.15) is 29.2 Å². The number of fused-ring (bicyclic) bond motifs is 1. The summed E-state index contributed by atoms with van der Waals surface area (Å²) in [7, 11) is 0.